The predicted molar refractivity (Wildman–Crippen MR) is 113 cm³/mol. The summed E-state index contributed by atoms with van der Waals surface area (Å²) in [6.45, 7) is 1.17. The van der Waals surface area contributed by atoms with Gasteiger partial charge in [0.15, 0.2) is 0 Å². The summed E-state index contributed by atoms with van der Waals surface area (Å²) in [6, 6.07) is 18.6. The lowest BCUT2D eigenvalue weighted by Crippen LogP contribution is -2.28. The van der Waals surface area contributed by atoms with Gasteiger partial charge in [0, 0.05) is 35.6 Å². The molecule has 0 bridgehead atoms. The molecule has 146 valence electrons. The first kappa shape index (κ1) is 18.8. The van der Waals surface area contributed by atoms with E-state index in [9.17, 15) is 9.90 Å². The lowest BCUT2D eigenvalue weighted by molar-refractivity contribution is 0.0684. The van der Waals surface area contributed by atoms with Crippen molar-refractivity contribution < 1.29 is 9.90 Å². The summed E-state index contributed by atoms with van der Waals surface area (Å²) in [5.41, 5.74) is 3.41. The minimum absolute atomic E-state index is 0.408. The molecule has 0 spiro atoms. The van der Waals surface area contributed by atoms with Crippen LogP contribution in [0, 0.1) is 0 Å². The second-order valence-corrected chi connectivity index (χ2v) is 7.79. The molecule has 0 atom stereocenters. The molecule has 4 nitrogen and oxygen atoms in total. The second-order valence-electron chi connectivity index (χ2n) is 7.79. The minimum atomic E-state index is -0.857. The van der Waals surface area contributed by atoms with Gasteiger partial charge in [0.1, 0.15) is 5.69 Å². The molecule has 4 rings (SSSR count). The van der Waals surface area contributed by atoms with Crippen molar-refractivity contribution in [1.29, 1.82) is 0 Å². The molecule has 1 fully saturated rings. The maximum absolute atomic E-state index is 12.3. The zero-order valence-electron chi connectivity index (χ0n) is 16.2. The molecule has 1 aliphatic rings. The Morgan fingerprint density at radius 2 is 1.64 bits per heavy atom. The highest BCUT2D eigenvalue weighted by Gasteiger charge is 2.23. The number of carbonyl (C=O) groups is 1. The van der Waals surface area contributed by atoms with E-state index in [1.807, 2.05) is 59.2 Å². The number of benzene rings is 2. The second kappa shape index (κ2) is 8.61. The summed E-state index contributed by atoms with van der Waals surface area (Å²) in [6.07, 6.45) is 7.53. The summed E-state index contributed by atoms with van der Waals surface area (Å²) < 4.78 is 1.96. The molecule has 1 aliphatic carbocycles. The Morgan fingerprint density at radius 1 is 0.964 bits per heavy atom. The van der Waals surface area contributed by atoms with Crippen LogP contribution in [0.25, 0.3) is 10.9 Å². The van der Waals surface area contributed by atoms with E-state index in [0.717, 1.165) is 22.0 Å². The lowest BCUT2D eigenvalue weighted by atomic mass is 10.1. The highest BCUT2D eigenvalue weighted by atomic mass is 16.4. The summed E-state index contributed by atoms with van der Waals surface area (Å²) in [4.78, 5) is 12.3. The van der Waals surface area contributed by atoms with Gasteiger partial charge in [-0.1, -0.05) is 74.2 Å². The Balaban J connectivity index is 1.70. The lowest BCUT2D eigenvalue weighted by Gasteiger charge is -2.16. The van der Waals surface area contributed by atoms with Gasteiger partial charge in [0.05, 0.1) is 0 Å². The Labute approximate surface area is 166 Å². The van der Waals surface area contributed by atoms with Gasteiger partial charge in [-0.3, -0.25) is 0 Å². The molecule has 3 aromatic rings. The van der Waals surface area contributed by atoms with Crippen molar-refractivity contribution in [3.63, 3.8) is 0 Å². The van der Waals surface area contributed by atoms with Crippen molar-refractivity contribution >= 4 is 16.9 Å². The maximum atomic E-state index is 12.3. The number of nitrogens with one attached hydrogen (secondary N) is 1. The number of aromatic carboxylic acids is 1. The van der Waals surface area contributed by atoms with Crippen LogP contribution in [0.5, 0.6) is 0 Å². The van der Waals surface area contributed by atoms with Crippen molar-refractivity contribution in [2.45, 2.75) is 57.7 Å². The number of carboxylic acids is 1. The fourth-order valence-corrected chi connectivity index (χ4v) is 4.46. The first-order valence-corrected chi connectivity index (χ1v) is 10.3. The van der Waals surface area contributed by atoms with Crippen molar-refractivity contribution in [2.24, 2.45) is 0 Å². The summed E-state index contributed by atoms with van der Waals surface area (Å²) in [7, 11) is 0. The molecule has 0 unspecified atom stereocenters. The van der Waals surface area contributed by atoms with Crippen molar-refractivity contribution in [1.82, 2.24) is 9.88 Å². The van der Waals surface area contributed by atoms with Gasteiger partial charge in [-0.15, -0.1) is 0 Å². The number of nitrogens with zero attached hydrogens (tertiary/aromatic N) is 1. The van der Waals surface area contributed by atoms with Crippen LogP contribution in [0.15, 0.2) is 54.6 Å². The van der Waals surface area contributed by atoms with E-state index in [1.54, 1.807) is 0 Å². The third kappa shape index (κ3) is 3.97. The van der Waals surface area contributed by atoms with Gasteiger partial charge < -0.3 is 15.0 Å². The molecular weight excluding hydrogens is 348 g/mol. The summed E-state index contributed by atoms with van der Waals surface area (Å²) in [5.74, 6) is -0.857. The molecule has 0 amide bonds. The quantitative estimate of drug-likeness (QED) is 0.581. The van der Waals surface area contributed by atoms with Crippen molar-refractivity contribution in [2.75, 3.05) is 0 Å². The average molecular weight is 377 g/mol. The number of carboxylic acid groups (broad SMARTS) is 1. The molecule has 1 aromatic heterocycles. The van der Waals surface area contributed by atoms with E-state index in [2.05, 4.69) is 5.32 Å². The Hall–Kier alpha value is -2.59. The van der Waals surface area contributed by atoms with Gasteiger partial charge in [-0.25, -0.2) is 4.79 Å². The number of hydrogen-bond donors (Lipinski definition) is 2. The molecule has 0 saturated heterocycles. The number of fused-ring (bicyclic) bond motifs is 1. The minimum Gasteiger partial charge on any atom is -0.477 e. The van der Waals surface area contributed by atoms with E-state index in [4.69, 9.17) is 0 Å². The third-order valence-corrected chi connectivity index (χ3v) is 5.88. The molecule has 1 saturated carbocycles. The van der Waals surface area contributed by atoms with Crippen LogP contribution in [0.3, 0.4) is 0 Å². The Bertz CT molecular complexity index is 938. The number of rotatable bonds is 6. The molecular formula is C24H28N2O2. The van der Waals surface area contributed by atoms with Gasteiger partial charge in [0.2, 0.25) is 0 Å². The first-order chi connectivity index (χ1) is 13.7. The van der Waals surface area contributed by atoms with Crippen molar-refractivity contribution in [3.8, 4) is 0 Å². The highest BCUT2D eigenvalue weighted by Crippen LogP contribution is 2.28. The van der Waals surface area contributed by atoms with Crippen LogP contribution < -0.4 is 5.32 Å². The maximum Gasteiger partial charge on any atom is 0.352 e. The van der Waals surface area contributed by atoms with Crippen LogP contribution in [0.2, 0.25) is 0 Å². The SMILES string of the molecule is O=C(O)c1c(CNC2CCCCCC2)c2ccccc2n1Cc1ccccc1. The van der Waals surface area contributed by atoms with Gasteiger partial charge >= 0.3 is 5.97 Å². The van der Waals surface area contributed by atoms with Crippen LogP contribution >= 0.6 is 0 Å². The highest BCUT2D eigenvalue weighted by molar-refractivity contribution is 5.98. The van der Waals surface area contributed by atoms with Gasteiger partial charge in [-0.05, 0) is 24.5 Å². The molecule has 28 heavy (non-hydrogen) atoms. The number of aromatic nitrogens is 1. The predicted octanol–water partition coefficient (Wildman–Crippen LogP) is 5.20. The first-order valence-electron chi connectivity index (χ1n) is 10.3. The standard InChI is InChI=1S/C24H28N2O2/c27-24(28)23-21(16-25-19-12-6-1-2-7-13-19)20-14-8-9-15-22(20)26(23)17-18-10-4-3-5-11-18/h3-5,8-11,14-15,19,25H,1-2,6-7,12-13,16-17H2,(H,27,28). The fourth-order valence-electron chi connectivity index (χ4n) is 4.46. The number of para-hydroxylation sites is 1. The summed E-state index contributed by atoms with van der Waals surface area (Å²) in [5, 5.41) is 14.8. The molecule has 2 N–H and O–H groups in total. The number of hydrogen-bond acceptors (Lipinski definition) is 2. The van der Waals surface area contributed by atoms with E-state index in [0.29, 0.717) is 24.8 Å². The zero-order chi connectivity index (χ0) is 19.3. The van der Waals surface area contributed by atoms with Gasteiger partial charge in [0.25, 0.3) is 0 Å². The zero-order valence-corrected chi connectivity index (χ0v) is 16.2. The molecule has 4 heteroatoms. The van der Waals surface area contributed by atoms with Gasteiger partial charge in [-0.2, -0.15) is 0 Å². The van der Waals surface area contributed by atoms with E-state index in [1.165, 1.54) is 38.5 Å². The van der Waals surface area contributed by atoms with E-state index < -0.39 is 5.97 Å². The average Bonchev–Trinajstić information content (AvgIpc) is 2.85. The molecule has 0 radical (unpaired) electrons. The topological polar surface area (TPSA) is 54.3 Å². The molecule has 1 heterocycles. The molecule has 2 aromatic carbocycles. The Kier molecular flexibility index (Phi) is 5.77. The van der Waals surface area contributed by atoms with Crippen LogP contribution in [0.1, 0.15) is 60.1 Å². The Morgan fingerprint density at radius 3 is 2.36 bits per heavy atom. The summed E-state index contributed by atoms with van der Waals surface area (Å²) >= 11 is 0. The normalized spacial score (nSPS) is 15.6. The fraction of sp³-hybridized carbons (Fsp3) is 0.375. The van der Waals surface area contributed by atoms with Crippen LogP contribution in [-0.2, 0) is 13.1 Å². The van der Waals surface area contributed by atoms with Crippen LogP contribution in [0.4, 0.5) is 0 Å². The molecule has 0 aliphatic heterocycles. The monoisotopic (exact) mass is 376 g/mol. The van der Waals surface area contributed by atoms with Crippen molar-refractivity contribution in [3.05, 3.63) is 71.4 Å². The smallest absolute Gasteiger partial charge is 0.352 e. The van der Waals surface area contributed by atoms with Crippen LogP contribution in [-0.4, -0.2) is 21.7 Å². The van der Waals surface area contributed by atoms with E-state index >= 15 is 0 Å². The van der Waals surface area contributed by atoms with E-state index in [-0.39, 0.29) is 0 Å². The largest absolute Gasteiger partial charge is 0.477 e. The third-order valence-electron chi connectivity index (χ3n) is 5.88.